The van der Waals surface area contributed by atoms with Gasteiger partial charge in [-0.05, 0) is 43.7 Å². The minimum atomic E-state index is 0.00768. The highest BCUT2D eigenvalue weighted by atomic mass is 16.2. The molecular formula is C15H24N4O. The van der Waals surface area contributed by atoms with Crippen molar-refractivity contribution in [1.29, 1.82) is 0 Å². The number of carbonyl (C=O) groups excluding carboxylic acids is 1. The lowest BCUT2D eigenvalue weighted by Crippen LogP contribution is -2.34. The minimum Gasteiger partial charge on any atom is -0.369 e. The molecule has 1 amide bonds. The van der Waals surface area contributed by atoms with Gasteiger partial charge in [-0.15, -0.1) is 10.2 Å². The molecule has 0 bridgehead atoms. The Kier molecular flexibility index (Phi) is 5.32. The molecule has 0 aliphatic heterocycles. The van der Waals surface area contributed by atoms with E-state index in [1.165, 1.54) is 12.8 Å². The van der Waals surface area contributed by atoms with Crippen molar-refractivity contribution in [2.45, 2.75) is 39.5 Å². The Bertz CT molecular complexity index is 428. The van der Waals surface area contributed by atoms with Gasteiger partial charge < -0.3 is 10.2 Å². The highest BCUT2D eigenvalue weighted by Crippen LogP contribution is 2.30. The molecule has 0 aromatic carbocycles. The molecule has 5 nitrogen and oxygen atoms in total. The van der Waals surface area contributed by atoms with Crippen LogP contribution >= 0.6 is 0 Å². The van der Waals surface area contributed by atoms with Crippen molar-refractivity contribution in [3.63, 3.8) is 0 Å². The first-order chi connectivity index (χ1) is 9.74. The third kappa shape index (κ3) is 4.18. The summed E-state index contributed by atoms with van der Waals surface area (Å²) in [4.78, 5) is 14.3. The highest BCUT2D eigenvalue weighted by molar-refractivity contribution is 5.92. The first kappa shape index (κ1) is 14.8. The summed E-state index contributed by atoms with van der Waals surface area (Å²) in [6.07, 6.45) is 4.51. The molecule has 0 radical (unpaired) electrons. The second-order valence-corrected chi connectivity index (χ2v) is 5.43. The summed E-state index contributed by atoms with van der Waals surface area (Å²) in [5.74, 6) is 1.44. The molecule has 5 heteroatoms. The van der Waals surface area contributed by atoms with Crippen LogP contribution in [0, 0.1) is 5.92 Å². The molecule has 1 aromatic rings. The van der Waals surface area contributed by atoms with Gasteiger partial charge in [0.2, 0.25) is 0 Å². The van der Waals surface area contributed by atoms with E-state index in [0.717, 1.165) is 38.3 Å². The van der Waals surface area contributed by atoms with Gasteiger partial charge in [0, 0.05) is 19.6 Å². The van der Waals surface area contributed by atoms with Gasteiger partial charge in [-0.1, -0.05) is 13.8 Å². The third-order valence-corrected chi connectivity index (χ3v) is 3.40. The molecule has 1 saturated carbocycles. The molecule has 2 rings (SSSR count). The van der Waals surface area contributed by atoms with Crippen LogP contribution in [0.5, 0.6) is 0 Å². The van der Waals surface area contributed by atoms with Crippen molar-refractivity contribution in [2.24, 2.45) is 5.92 Å². The lowest BCUT2D eigenvalue weighted by Gasteiger charge is -2.21. The number of anilines is 1. The number of carbonyl (C=O) groups is 1. The van der Waals surface area contributed by atoms with E-state index in [1.807, 2.05) is 11.0 Å². The average molecular weight is 276 g/mol. The summed E-state index contributed by atoms with van der Waals surface area (Å²) >= 11 is 0. The number of hydrogen-bond acceptors (Lipinski definition) is 4. The largest absolute Gasteiger partial charge is 0.369 e. The maximum absolute atomic E-state index is 12.4. The van der Waals surface area contributed by atoms with Crippen molar-refractivity contribution < 1.29 is 4.79 Å². The molecule has 1 N–H and O–H groups in total. The summed E-state index contributed by atoms with van der Waals surface area (Å²) in [6, 6.07) is 3.60. The van der Waals surface area contributed by atoms with E-state index < -0.39 is 0 Å². The quantitative estimate of drug-likeness (QED) is 0.793. The van der Waals surface area contributed by atoms with E-state index in [9.17, 15) is 4.79 Å². The number of amides is 1. The molecule has 110 valence electrons. The summed E-state index contributed by atoms with van der Waals surface area (Å²) in [6.45, 7) is 6.72. The number of hydrogen-bond donors (Lipinski definition) is 1. The van der Waals surface area contributed by atoms with Crippen LogP contribution in [0.15, 0.2) is 12.1 Å². The lowest BCUT2D eigenvalue weighted by atomic mass is 10.2. The highest BCUT2D eigenvalue weighted by Gasteiger charge is 2.27. The van der Waals surface area contributed by atoms with Gasteiger partial charge in [-0.2, -0.15) is 0 Å². The Morgan fingerprint density at radius 2 is 2.10 bits per heavy atom. The van der Waals surface area contributed by atoms with Crippen LogP contribution < -0.4 is 5.32 Å². The summed E-state index contributed by atoms with van der Waals surface area (Å²) in [7, 11) is 0. The van der Waals surface area contributed by atoms with Crippen molar-refractivity contribution in [3.05, 3.63) is 17.8 Å². The first-order valence-corrected chi connectivity index (χ1v) is 7.61. The summed E-state index contributed by atoms with van der Waals surface area (Å²) < 4.78 is 0. The molecule has 1 aliphatic rings. The van der Waals surface area contributed by atoms with Crippen molar-refractivity contribution in [1.82, 2.24) is 15.1 Å². The van der Waals surface area contributed by atoms with E-state index in [1.54, 1.807) is 6.07 Å². The van der Waals surface area contributed by atoms with Crippen LogP contribution in [-0.2, 0) is 0 Å². The van der Waals surface area contributed by atoms with Gasteiger partial charge in [0.15, 0.2) is 5.69 Å². The van der Waals surface area contributed by atoms with Crippen LogP contribution in [0.2, 0.25) is 0 Å². The van der Waals surface area contributed by atoms with E-state index >= 15 is 0 Å². The standard InChI is InChI=1S/C15H24N4O/c1-3-9-16-14-8-7-13(17-18-14)15(20)19(10-4-2)11-12-5-6-12/h7-8,12H,3-6,9-11H2,1-2H3,(H,16,18). The Morgan fingerprint density at radius 3 is 2.65 bits per heavy atom. The maximum atomic E-state index is 12.4. The monoisotopic (exact) mass is 276 g/mol. The number of nitrogens with one attached hydrogen (secondary N) is 1. The SMILES string of the molecule is CCCNc1ccc(C(=O)N(CCC)CC2CC2)nn1. The summed E-state index contributed by atoms with van der Waals surface area (Å²) in [5.41, 5.74) is 0.446. The van der Waals surface area contributed by atoms with Gasteiger partial charge in [-0.25, -0.2) is 0 Å². The van der Waals surface area contributed by atoms with Crippen molar-refractivity contribution >= 4 is 11.7 Å². The van der Waals surface area contributed by atoms with Crippen LogP contribution in [0.3, 0.4) is 0 Å². The van der Waals surface area contributed by atoms with Gasteiger partial charge in [0.05, 0.1) is 0 Å². The zero-order valence-corrected chi connectivity index (χ0v) is 12.4. The molecule has 0 saturated heterocycles. The minimum absolute atomic E-state index is 0.00768. The number of nitrogens with zero attached hydrogens (tertiary/aromatic N) is 3. The smallest absolute Gasteiger partial charge is 0.274 e. The molecule has 0 spiro atoms. The molecule has 0 atom stereocenters. The van der Waals surface area contributed by atoms with Crippen LogP contribution in [0.4, 0.5) is 5.82 Å². The van der Waals surface area contributed by atoms with Crippen LogP contribution in [0.1, 0.15) is 50.0 Å². The van der Waals surface area contributed by atoms with Crippen molar-refractivity contribution in [2.75, 3.05) is 25.0 Å². The van der Waals surface area contributed by atoms with Gasteiger partial charge in [-0.3, -0.25) is 4.79 Å². The van der Waals surface area contributed by atoms with Gasteiger partial charge >= 0.3 is 0 Å². The number of aromatic nitrogens is 2. The summed E-state index contributed by atoms with van der Waals surface area (Å²) in [5, 5.41) is 11.3. The Balaban J connectivity index is 1.98. The second-order valence-electron chi connectivity index (χ2n) is 5.43. The molecule has 1 aliphatic carbocycles. The number of rotatable bonds is 8. The maximum Gasteiger partial charge on any atom is 0.274 e. The van der Waals surface area contributed by atoms with Gasteiger partial charge in [0.25, 0.3) is 5.91 Å². The lowest BCUT2D eigenvalue weighted by molar-refractivity contribution is 0.0740. The van der Waals surface area contributed by atoms with E-state index in [4.69, 9.17) is 0 Å². The molecule has 20 heavy (non-hydrogen) atoms. The first-order valence-electron chi connectivity index (χ1n) is 7.61. The molecule has 1 fully saturated rings. The van der Waals surface area contributed by atoms with Crippen LogP contribution in [0.25, 0.3) is 0 Å². The Labute approximate surface area is 120 Å². The predicted octanol–water partition coefficient (Wildman–Crippen LogP) is 2.56. The molecular weight excluding hydrogens is 252 g/mol. The topological polar surface area (TPSA) is 58.1 Å². The van der Waals surface area contributed by atoms with E-state index in [-0.39, 0.29) is 5.91 Å². The zero-order chi connectivity index (χ0) is 14.4. The fourth-order valence-corrected chi connectivity index (χ4v) is 2.11. The Morgan fingerprint density at radius 1 is 1.30 bits per heavy atom. The van der Waals surface area contributed by atoms with Crippen molar-refractivity contribution in [3.8, 4) is 0 Å². The van der Waals surface area contributed by atoms with E-state index in [0.29, 0.717) is 11.6 Å². The third-order valence-electron chi connectivity index (χ3n) is 3.40. The molecule has 0 unspecified atom stereocenters. The normalized spacial score (nSPS) is 14.1. The van der Waals surface area contributed by atoms with E-state index in [2.05, 4.69) is 29.4 Å². The van der Waals surface area contributed by atoms with Crippen LogP contribution in [-0.4, -0.2) is 40.6 Å². The second kappa shape index (κ2) is 7.22. The van der Waals surface area contributed by atoms with Gasteiger partial charge in [0.1, 0.15) is 5.82 Å². The fraction of sp³-hybridized carbons (Fsp3) is 0.667. The molecule has 1 heterocycles. The average Bonchev–Trinajstić information content (AvgIpc) is 3.28. The fourth-order valence-electron chi connectivity index (χ4n) is 2.11. The zero-order valence-electron chi connectivity index (χ0n) is 12.4. The Hall–Kier alpha value is -1.65. The molecule has 1 aromatic heterocycles. The predicted molar refractivity (Wildman–Crippen MR) is 79.7 cm³/mol.